The van der Waals surface area contributed by atoms with Gasteiger partial charge in [0.2, 0.25) is 5.91 Å². The predicted octanol–water partition coefficient (Wildman–Crippen LogP) is 6.48. The lowest BCUT2D eigenvalue weighted by Gasteiger charge is -2.27. The minimum Gasteiger partial charge on any atom is -0.493 e. The van der Waals surface area contributed by atoms with Gasteiger partial charge in [-0.25, -0.2) is 4.79 Å². The molecule has 3 aromatic carbocycles. The number of methoxy groups -OCH3 is 3. The van der Waals surface area contributed by atoms with Gasteiger partial charge in [-0.05, 0) is 60.9 Å². The number of fused-ring (bicyclic) bond motifs is 1. The first-order valence-electron chi connectivity index (χ1n) is 14.4. The number of thiophene rings is 1. The Morgan fingerprint density at radius 1 is 0.933 bits per heavy atom. The zero-order chi connectivity index (χ0) is 31.9. The van der Waals surface area contributed by atoms with Gasteiger partial charge in [0.1, 0.15) is 5.00 Å². The van der Waals surface area contributed by atoms with Crippen LogP contribution in [0.1, 0.15) is 43.6 Å². The maximum Gasteiger partial charge on any atom is 0.341 e. The second-order valence-electron chi connectivity index (χ2n) is 10.4. The van der Waals surface area contributed by atoms with Gasteiger partial charge < -0.3 is 24.8 Å². The Hall–Kier alpha value is -4.32. The summed E-state index contributed by atoms with van der Waals surface area (Å²) in [6, 6.07) is 22.5. The van der Waals surface area contributed by atoms with E-state index in [0.717, 1.165) is 28.4 Å². The third kappa shape index (κ3) is 7.67. The van der Waals surface area contributed by atoms with E-state index < -0.39 is 11.2 Å². The fourth-order valence-electron chi connectivity index (χ4n) is 5.14. The molecular formula is C34H35N3O6S2. The molecule has 234 valence electrons. The van der Waals surface area contributed by atoms with Crippen molar-refractivity contribution in [1.82, 2.24) is 4.90 Å². The number of thioether (sulfide) groups is 1. The number of hydrogen-bond acceptors (Lipinski definition) is 9. The van der Waals surface area contributed by atoms with E-state index in [1.54, 1.807) is 24.3 Å². The molecule has 0 bridgehead atoms. The molecule has 11 heteroatoms. The molecule has 2 heterocycles. The number of rotatable bonds is 11. The zero-order valence-electron chi connectivity index (χ0n) is 25.5. The molecule has 0 aliphatic carbocycles. The van der Waals surface area contributed by atoms with Crippen molar-refractivity contribution in [3.05, 3.63) is 99.9 Å². The number of hydrogen-bond donors (Lipinski definition) is 2. The number of anilines is 2. The first kappa shape index (κ1) is 32.1. The number of ether oxygens (including phenoxy) is 3. The van der Waals surface area contributed by atoms with Crippen LogP contribution in [0.15, 0.2) is 77.7 Å². The largest absolute Gasteiger partial charge is 0.493 e. The van der Waals surface area contributed by atoms with Gasteiger partial charge in [-0.15, -0.1) is 23.1 Å². The molecule has 4 aromatic rings. The van der Waals surface area contributed by atoms with Gasteiger partial charge >= 0.3 is 5.97 Å². The summed E-state index contributed by atoms with van der Waals surface area (Å²) in [6.45, 7) is 4.12. The van der Waals surface area contributed by atoms with Gasteiger partial charge in [-0.1, -0.05) is 36.4 Å². The predicted molar refractivity (Wildman–Crippen MR) is 178 cm³/mol. The molecule has 0 radical (unpaired) electrons. The SMILES string of the molecule is COC(=O)c1c(NC(=O)C(C)Sc2cccc(NC(=O)c3ccc(OC)c(OC)c3)c2)sc2c1CCN(Cc1ccccc1)C2. The fraction of sp³-hybridized carbons (Fsp3) is 0.265. The van der Waals surface area contributed by atoms with E-state index in [0.29, 0.717) is 46.3 Å². The van der Waals surface area contributed by atoms with Crippen LogP contribution in [0.3, 0.4) is 0 Å². The van der Waals surface area contributed by atoms with Crippen molar-refractivity contribution in [2.24, 2.45) is 0 Å². The van der Waals surface area contributed by atoms with Crippen LogP contribution in [0.25, 0.3) is 0 Å². The van der Waals surface area contributed by atoms with Crippen molar-refractivity contribution in [3.63, 3.8) is 0 Å². The fourth-order valence-corrected chi connectivity index (χ4v) is 7.35. The van der Waals surface area contributed by atoms with Crippen molar-refractivity contribution >= 4 is 51.6 Å². The van der Waals surface area contributed by atoms with E-state index in [9.17, 15) is 14.4 Å². The van der Waals surface area contributed by atoms with Gasteiger partial charge in [-0.3, -0.25) is 14.5 Å². The zero-order valence-corrected chi connectivity index (χ0v) is 27.2. The molecule has 0 saturated carbocycles. The molecule has 9 nitrogen and oxygen atoms in total. The molecule has 0 saturated heterocycles. The Bertz CT molecular complexity index is 1690. The molecular weight excluding hydrogens is 611 g/mol. The van der Waals surface area contributed by atoms with E-state index >= 15 is 0 Å². The Balaban J connectivity index is 1.25. The first-order valence-corrected chi connectivity index (χ1v) is 16.1. The number of nitrogens with zero attached hydrogens (tertiary/aromatic N) is 1. The van der Waals surface area contributed by atoms with Crippen LogP contribution in [0.2, 0.25) is 0 Å². The first-order chi connectivity index (χ1) is 21.8. The lowest BCUT2D eigenvalue weighted by molar-refractivity contribution is -0.115. The maximum absolute atomic E-state index is 13.4. The molecule has 0 fully saturated rings. The maximum atomic E-state index is 13.4. The van der Waals surface area contributed by atoms with Crippen LogP contribution in [0, 0.1) is 0 Å². The molecule has 45 heavy (non-hydrogen) atoms. The molecule has 1 aliphatic heterocycles. The van der Waals surface area contributed by atoms with Crippen LogP contribution in [-0.2, 0) is 29.0 Å². The highest BCUT2D eigenvalue weighted by Gasteiger charge is 2.30. The third-order valence-electron chi connectivity index (χ3n) is 7.43. The average Bonchev–Trinajstić information content (AvgIpc) is 3.41. The molecule has 2 amide bonds. The van der Waals surface area contributed by atoms with Gasteiger partial charge in [0, 0.05) is 40.7 Å². The van der Waals surface area contributed by atoms with E-state index in [1.807, 2.05) is 43.3 Å². The summed E-state index contributed by atoms with van der Waals surface area (Å²) in [5, 5.41) is 5.93. The van der Waals surface area contributed by atoms with Gasteiger partial charge in [0.25, 0.3) is 5.91 Å². The molecule has 1 unspecified atom stereocenters. The van der Waals surface area contributed by atoms with Crippen molar-refractivity contribution in [1.29, 1.82) is 0 Å². The Kier molecular flexibility index (Phi) is 10.4. The minimum absolute atomic E-state index is 0.232. The Morgan fingerprint density at radius 3 is 2.44 bits per heavy atom. The van der Waals surface area contributed by atoms with E-state index in [2.05, 4.69) is 27.7 Å². The summed E-state index contributed by atoms with van der Waals surface area (Å²) < 4.78 is 15.7. The van der Waals surface area contributed by atoms with E-state index in [-0.39, 0.29) is 11.8 Å². The van der Waals surface area contributed by atoms with Crippen LogP contribution in [0.5, 0.6) is 11.5 Å². The summed E-state index contributed by atoms with van der Waals surface area (Å²) in [5.41, 5.74) is 3.63. The standard InChI is InChI=1S/C34H35N3O6S2/c1-21(44-25-12-8-11-24(18-25)35-32(39)23-13-14-27(41-2)28(17-23)42-3)31(38)36-33-30(34(40)43-4)26-15-16-37(20-29(26)45-33)19-22-9-6-5-7-10-22/h5-14,17-18,21H,15-16,19-20H2,1-4H3,(H,35,39)(H,36,38). The number of nitrogens with one attached hydrogen (secondary N) is 2. The molecule has 1 atom stereocenters. The topological polar surface area (TPSA) is 106 Å². The van der Waals surface area contributed by atoms with Crippen molar-refractivity contribution < 1.29 is 28.6 Å². The summed E-state index contributed by atoms with van der Waals surface area (Å²) in [6.07, 6.45) is 0.699. The lowest BCUT2D eigenvalue weighted by atomic mass is 10.0. The van der Waals surface area contributed by atoms with Crippen LogP contribution >= 0.6 is 23.1 Å². The molecule has 5 rings (SSSR count). The number of amides is 2. The van der Waals surface area contributed by atoms with Crippen LogP contribution < -0.4 is 20.1 Å². The van der Waals surface area contributed by atoms with E-state index in [1.165, 1.54) is 50.0 Å². The van der Waals surface area contributed by atoms with Crippen molar-refractivity contribution in [2.45, 2.75) is 36.6 Å². The number of benzene rings is 3. The summed E-state index contributed by atoms with van der Waals surface area (Å²) >= 11 is 2.79. The number of carbonyl (C=O) groups is 3. The van der Waals surface area contributed by atoms with Crippen LogP contribution in [0.4, 0.5) is 10.7 Å². The molecule has 2 N–H and O–H groups in total. The second kappa shape index (κ2) is 14.6. The highest BCUT2D eigenvalue weighted by molar-refractivity contribution is 8.00. The van der Waals surface area contributed by atoms with Gasteiger partial charge in [-0.2, -0.15) is 0 Å². The second-order valence-corrected chi connectivity index (χ2v) is 13.0. The third-order valence-corrected chi connectivity index (χ3v) is 9.66. The molecule has 1 aliphatic rings. The highest BCUT2D eigenvalue weighted by Crippen LogP contribution is 2.39. The molecule has 0 spiro atoms. The van der Waals surface area contributed by atoms with Gasteiger partial charge in [0.15, 0.2) is 11.5 Å². The number of carbonyl (C=O) groups excluding carboxylic acids is 3. The Morgan fingerprint density at radius 2 is 1.71 bits per heavy atom. The van der Waals surface area contributed by atoms with E-state index in [4.69, 9.17) is 14.2 Å². The summed E-state index contributed by atoms with van der Waals surface area (Å²) in [5.74, 6) is 0.0114. The Labute approximate surface area is 270 Å². The number of esters is 1. The lowest BCUT2D eigenvalue weighted by Crippen LogP contribution is -2.29. The summed E-state index contributed by atoms with van der Waals surface area (Å²) in [4.78, 5) is 43.3. The van der Waals surface area contributed by atoms with Crippen molar-refractivity contribution in [3.8, 4) is 11.5 Å². The van der Waals surface area contributed by atoms with Gasteiger partial charge in [0.05, 0.1) is 32.1 Å². The molecule has 1 aromatic heterocycles. The average molecular weight is 646 g/mol. The van der Waals surface area contributed by atoms with Crippen molar-refractivity contribution in [2.75, 3.05) is 38.5 Å². The quantitative estimate of drug-likeness (QED) is 0.141. The smallest absolute Gasteiger partial charge is 0.341 e. The summed E-state index contributed by atoms with van der Waals surface area (Å²) in [7, 11) is 4.41. The monoisotopic (exact) mass is 645 g/mol. The highest BCUT2D eigenvalue weighted by atomic mass is 32.2. The normalized spacial score (nSPS) is 13.3. The minimum atomic E-state index is -0.485. The van der Waals surface area contributed by atoms with Crippen LogP contribution in [-0.4, -0.2) is 55.8 Å².